The molecule has 0 aliphatic heterocycles. The number of amides is 2. The number of carbonyl (C=O) groups excluding carboxylic acids is 2. The van der Waals surface area contributed by atoms with Crippen molar-refractivity contribution in [3.63, 3.8) is 0 Å². The van der Waals surface area contributed by atoms with Gasteiger partial charge in [-0.3, -0.25) is 4.90 Å². The van der Waals surface area contributed by atoms with E-state index in [-0.39, 0.29) is 11.8 Å². The van der Waals surface area contributed by atoms with E-state index in [2.05, 4.69) is 30.3 Å². The van der Waals surface area contributed by atoms with Crippen LogP contribution in [0.4, 0.5) is 9.18 Å². The van der Waals surface area contributed by atoms with Gasteiger partial charge >= 0.3 is 6.03 Å². The molecule has 5 nitrogen and oxygen atoms in total. The highest BCUT2D eigenvalue weighted by Crippen LogP contribution is 2.34. The van der Waals surface area contributed by atoms with Gasteiger partial charge in [-0.15, -0.1) is 0 Å². The van der Waals surface area contributed by atoms with Crippen LogP contribution in [0.3, 0.4) is 0 Å². The average Bonchev–Trinajstić information content (AvgIpc) is 3.60. The Kier molecular flexibility index (Phi) is 12.3. The molecule has 0 bridgehead atoms. The molecule has 0 heterocycles. The van der Waals surface area contributed by atoms with Gasteiger partial charge in [-0.2, -0.15) is 0 Å². The van der Waals surface area contributed by atoms with Crippen molar-refractivity contribution in [3.05, 3.63) is 35.1 Å². The van der Waals surface area contributed by atoms with Crippen molar-refractivity contribution in [2.45, 2.75) is 64.3 Å². The third-order valence-electron chi connectivity index (χ3n) is 6.05. The van der Waals surface area contributed by atoms with E-state index in [1.165, 1.54) is 18.4 Å². The molecule has 0 spiro atoms. The standard InChI is InChI=1S/C23H38FN3O.CH2O/c1-18(20-13-14-22(24)21(17-20)12-11-19-9-10-19)26(3)15-7-5-6-8-16-27(4)23(28)25-2;1-2/h13-14,17-19H,5-12,15-16H2,1-4H3,(H,25,28);1H2/t18-;/m1./s1. The molecule has 1 fully saturated rings. The molecule has 1 aromatic rings. The smallest absolute Gasteiger partial charge is 0.316 e. The number of urea groups is 1. The van der Waals surface area contributed by atoms with Crippen LogP contribution in [0.25, 0.3) is 0 Å². The summed E-state index contributed by atoms with van der Waals surface area (Å²) in [5.41, 5.74) is 2.09. The summed E-state index contributed by atoms with van der Waals surface area (Å²) in [5, 5.41) is 2.64. The number of benzene rings is 1. The van der Waals surface area contributed by atoms with E-state index in [9.17, 15) is 9.18 Å². The predicted octanol–water partition coefficient (Wildman–Crippen LogP) is 4.81. The quantitative estimate of drug-likeness (QED) is 0.493. The van der Waals surface area contributed by atoms with Gasteiger partial charge in [0.1, 0.15) is 12.6 Å². The number of nitrogens with one attached hydrogen (secondary N) is 1. The number of halogens is 1. The lowest BCUT2D eigenvalue weighted by Gasteiger charge is -2.25. The van der Waals surface area contributed by atoms with Crippen molar-refractivity contribution >= 4 is 12.8 Å². The lowest BCUT2D eigenvalue weighted by Crippen LogP contribution is -2.35. The van der Waals surface area contributed by atoms with Gasteiger partial charge in [0, 0.05) is 26.7 Å². The number of nitrogens with zero attached hydrogens (tertiary/aromatic N) is 2. The van der Waals surface area contributed by atoms with Crippen LogP contribution in [-0.2, 0) is 11.2 Å². The summed E-state index contributed by atoms with van der Waals surface area (Å²) in [6.45, 7) is 6.03. The summed E-state index contributed by atoms with van der Waals surface area (Å²) >= 11 is 0. The van der Waals surface area contributed by atoms with E-state index in [4.69, 9.17) is 4.79 Å². The summed E-state index contributed by atoms with van der Waals surface area (Å²) in [6, 6.07) is 5.92. The monoisotopic (exact) mass is 421 g/mol. The van der Waals surface area contributed by atoms with Gasteiger partial charge < -0.3 is 15.0 Å². The summed E-state index contributed by atoms with van der Waals surface area (Å²) in [6.07, 6.45) is 9.10. The molecule has 0 unspecified atom stereocenters. The topological polar surface area (TPSA) is 52.7 Å². The van der Waals surface area contributed by atoms with Gasteiger partial charge in [0.2, 0.25) is 0 Å². The molecule has 170 valence electrons. The van der Waals surface area contributed by atoms with Crippen molar-refractivity contribution in [1.82, 2.24) is 15.1 Å². The lowest BCUT2D eigenvalue weighted by molar-refractivity contribution is -0.0980. The maximum atomic E-state index is 14.1. The molecule has 0 radical (unpaired) electrons. The number of hydrogen-bond acceptors (Lipinski definition) is 3. The van der Waals surface area contributed by atoms with Crippen LogP contribution in [-0.4, -0.2) is 56.9 Å². The predicted molar refractivity (Wildman–Crippen MR) is 121 cm³/mol. The van der Waals surface area contributed by atoms with E-state index in [1.807, 2.05) is 19.9 Å². The second-order valence-electron chi connectivity index (χ2n) is 8.38. The fourth-order valence-electron chi connectivity index (χ4n) is 3.62. The molecule has 1 N–H and O–H groups in total. The minimum absolute atomic E-state index is 0.0237. The number of carbonyl (C=O) groups is 2. The molecule has 1 aliphatic carbocycles. The zero-order valence-corrected chi connectivity index (χ0v) is 19.3. The molecule has 1 aromatic carbocycles. The van der Waals surface area contributed by atoms with Crippen molar-refractivity contribution in [1.29, 1.82) is 0 Å². The lowest BCUT2D eigenvalue weighted by atomic mass is 10.00. The summed E-state index contributed by atoms with van der Waals surface area (Å²) in [7, 11) is 5.64. The van der Waals surface area contributed by atoms with E-state index in [0.717, 1.165) is 63.1 Å². The van der Waals surface area contributed by atoms with Gasteiger partial charge in [-0.05, 0) is 69.3 Å². The highest BCUT2D eigenvalue weighted by Gasteiger charge is 2.21. The molecule has 2 amide bonds. The van der Waals surface area contributed by atoms with Crippen LogP contribution in [0, 0.1) is 11.7 Å². The van der Waals surface area contributed by atoms with Crippen molar-refractivity contribution in [3.8, 4) is 0 Å². The third-order valence-corrected chi connectivity index (χ3v) is 6.05. The third kappa shape index (κ3) is 9.24. The first-order valence-corrected chi connectivity index (χ1v) is 11.1. The van der Waals surface area contributed by atoms with E-state index in [0.29, 0.717) is 6.04 Å². The Labute approximate surface area is 182 Å². The number of aryl methyl sites for hydroxylation is 1. The van der Waals surface area contributed by atoms with Gasteiger partial charge in [0.25, 0.3) is 0 Å². The van der Waals surface area contributed by atoms with Gasteiger partial charge in [0.05, 0.1) is 0 Å². The number of unbranched alkanes of at least 4 members (excludes halogenated alkanes) is 3. The van der Waals surface area contributed by atoms with Crippen LogP contribution in [0.15, 0.2) is 18.2 Å². The van der Waals surface area contributed by atoms with Gasteiger partial charge in [-0.1, -0.05) is 37.8 Å². The molecule has 0 aromatic heterocycles. The first-order chi connectivity index (χ1) is 14.4. The molecular weight excluding hydrogens is 381 g/mol. The molecule has 2 rings (SSSR count). The maximum absolute atomic E-state index is 14.1. The molecule has 0 saturated heterocycles. The highest BCUT2D eigenvalue weighted by atomic mass is 19.1. The maximum Gasteiger partial charge on any atom is 0.316 e. The molecule has 1 atom stereocenters. The van der Waals surface area contributed by atoms with Gasteiger partial charge in [0.15, 0.2) is 0 Å². The van der Waals surface area contributed by atoms with Crippen LogP contribution < -0.4 is 5.32 Å². The molecule has 30 heavy (non-hydrogen) atoms. The van der Waals surface area contributed by atoms with E-state index < -0.39 is 0 Å². The Morgan fingerprint density at radius 1 is 1.17 bits per heavy atom. The van der Waals surface area contributed by atoms with E-state index >= 15 is 0 Å². The Morgan fingerprint density at radius 2 is 1.80 bits per heavy atom. The molecule has 1 aliphatic rings. The number of rotatable bonds is 12. The second kappa shape index (κ2) is 14.1. The van der Waals surface area contributed by atoms with Crippen LogP contribution in [0.1, 0.15) is 69.0 Å². The molecule has 6 heteroatoms. The van der Waals surface area contributed by atoms with Crippen LogP contribution in [0.5, 0.6) is 0 Å². The minimum atomic E-state index is -0.0547. The SMILES string of the molecule is C=O.CNC(=O)N(C)CCCCCCN(C)[C@H](C)c1ccc(F)c(CCC2CC2)c1. The largest absolute Gasteiger partial charge is 0.341 e. The normalized spacial score (nSPS) is 14.1. The summed E-state index contributed by atoms with van der Waals surface area (Å²) < 4.78 is 14.1. The average molecular weight is 422 g/mol. The summed E-state index contributed by atoms with van der Waals surface area (Å²) in [5.74, 6) is 0.778. The Morgan fingerprint density at radius 3 is 2.40 bits per heavy atom. The molecular formula is C24H40FN3O2. The zero-order chi connectivity index (χ0) is 22.5. The fourth-order valence-corrected chi connectivity index (χ4v) is 3.62. The first-order valence-electron chi connectivity index (χ1n) is 11.1. The Bertz CT molecular complexity index is 637. The Hall–Kier alpha value is -1.95. The van der Waals surface area contributed by atoms with Crippen LogP contribution >= 0.6 is 0 Å². The minimum Gasteiger partial charge on any atom is -0.341 e. The highest BCUT2D eigenvalue weighted by molar-refractivity contribution is 5.73. The first kappa shape index (κ1) is 26.1. The van der Waals surface area contributed by atoms with E-state index in [1.54, 1.807) is 18.0 Å². The fraction of sp³-hybridized carbons (Fsp3) is 0.667. The zero-order valence-electron chi connectivity index (χ0n) is 19.3. The van der Waals surface area contributed by atoms with Crippen molar-refractivity contribution in [2.24, 2.45) is 5.92 Å². The molecule has 1 saturated carbocycles. The summed E-state index contributed by atoms with van der Waals surface area (Å²) in [4.78, 5) is 23.5. The number of hydrogen-bond donors (Lipinski definition) is 1. The Balaban J connectivity index is 0.00000218. The second-order valence-corrected chi connectivity index (χ2v) is 8.38. The van der Waals surface area contributed by atoms with Gasteiger partial charge in [-0.25, -0.2) is 9.18 Å². The van der Waals surface area contributed by atoms with Crippen LogP contribution in [0.2, 0.25) is 0 Å². The van der Waals surface area contributed by atoms with Crippen molar-refractivity contribution in [2.75, 3.05) is 34.2 Å². The van der Waals surface area contributed by atoms with Crippen molar-refractivity contribution < 1.29 is 14.0 Å².